The van der Waals surface area contributed by atoms with E-state index in [4.69, 9.17) is 31.6 Å². The molecule has 30 heavy (non-hydrogen) atoms. The predicted octanol–water partition coefficient (Wildman–Crippen LogP) is 2.54. The van der Waals surface area contributed by atoms with Crippen LogP contribution in [0.2, 0.25) is 0 Å². The van der Waals surface area contributed by atoms with Crippen LogP contribution in [-0.2, 0) is 9.47 Å². The number of alkyl halides is 1. The van der Waals surface area contributed by atoms with Crippen molar-refractivity contribution < 1.29 is 24.1 Å². The van der Waals surface area contributed by atoms with Gasteiger partial charge in [0.1, 0.15) is 18.3 Å². The Morgan fingerprint density at radius 3 is 2.23 bits per heavy atom. The van der Waals surface area contributed by atoms with Crippen molar-refractivity contribution >= 4 is 0 Å². The van der Waals surface area contributed by atoms with Gasteiger partial charge in [-0.1, -0.05) is 27.4 Å². The standard InChI is InChI=1S/C13H19FN12O4/c1-4-7(3-19-23-15)29-13(9(8(4)14)22-26-18)30-12-6(21-25-17)2-5(20-24-16)10(27)11(12)28/h4-13,27-28H,2-3H2,1H3. The zero-order chi connectivity index (χ0) is 22.3. The van der Waals surface area contributed by atoms with Gasteiger partial charge in [0.15, 0.2) is 6.29 Å². The zero-order valence-corrected chi connectivity index (χ0v) is 15.6. The number of halogens is 1. The van der Waals surface area contributed by atoms with Crippen LogP contribution in [0.1, 0.15) is 13.3 Å². The summed E-state index contributed by atoms with van der Waals surface area (Å²) in [5.74, 6) is -0.810. The molecular formula is C13H19FN12O4. The van der Waals surface area contributed by atoms with Gasteiger partial charge in [0.05, 0.1) is 36.9 Å². The van der Waals surface area contributed by atoms with E-state index in [1.54, 1.807) is 0 Å². The summed E-state index contributed by atoms with van der Waals surface area (Å²) in [7, 11) is 0. The topological polar surface area (TPSA) is 254 Å². The van der Waals surface area contributed by atoms with Crippen molar-refractivity contribution in [2.45, 2.75) is 68.3 Å². The van der Waals surface area contributed by atoms with E-state index in [0.29, 0.717) is 0 Å². The second-order valence-electron chi connectivity index (χ2n) is 6.82. The van der Waals surface area contributed by atoms with E-state index < -0.39 is 60.9 Å². The first-order valence-electron chi connectivity index (χ1n) is 8.84. The summed E-state index contributed by atoms with van der Waals surface area (Å²) >= 11 is 0. The molecule has 2 fully saturated rings. The molecule has 0 aromatic rings. The van der Waals surface area contributed by atoms with Crippen LogP contribution >= 0.6 is 0 Å². The molecule has 10 atom stereocenters. The number of rotatable bonds is 7. The van der Waals surface area contributed by atoms with Gasteiger partial charge in [0, 0.05) is 25.6 Å². The molecule has 1 aliphatic carbocycles. The number of aliphatic hydroxyl groups is 2. The number of nitrogens with zero attached hydrogens (tertiary/aromatic N) is 12. The van der Waals surface area contributed by atoms with Crippen molar-refractivity contribution in [2.24, 2.45) is 26.4 Å². The van der Waals surface area contributed by atoms with Crippen molar-refractivity contribution in [1.82, 2.24) is 0 Å². The predicted molar refractivity (Wildman–Crippen MR) is 97.0 cm³/mol. The number of ether oxygens (including phenoxy) is 2. The highest BCUT2D eigenvalue weighted by Gasteiger charge is 2.49. The lowest BCUT2D eigenvalue weighted by Gasteiger charge is -2.45. The average molecular weight is 426 g/mol. The molecule has 0 spiro atoms. The van der Waals surface area contributed by atoms with Crippen LogP contribution in [-0.4, -0.2) is 71.8 Å². The van der Waals surface area contributed by atoms with Crippen LogP contribution in [0.5, 0.6) is 0 Å². The Kier molecular flexibility index (Phi) is 8.30. The average Bonchev–Trinajstić information content (AvgIpc) is 2.73. The van der Waals surface area contributed by atoms with Crippen LogP contribution in [0.25, 0.3) is 41.8 Å². The van der Waals surface area contributed by atoms with Gasteiger partial charge in [0.25, 0.3) is 0 Å². The molecule has 16 nitrogen and oxygen atoms in total. The molecule has 162 valence electrons. The highest BCUT2D eigenvalue weighted by atomic mass is 19.1. The smallest absolute Gasteiger partial charge is 0.169 e. The van der Waals surface area contributed by atoms with Gasteiger partial charge in [-0.25, -0.2) is 4.39 Å². The lowest BCUT2D eigenvalue weighted by molar-refractivity contribution is -0.271. The van der Waals surface area contributed by atoms with E-state index in [2.05, 4.69) is 40.1 Å². The minimum atomic E-state index is -1.74. The highest BCUT2D eigenvalue weighted by Crippen LogP contribution is 2.35. The third kappa shape index (κ3) is 4.94. The van der Waals surface area contributed by atoms with Gasteiger partial charge >= 0.3 is 0 Å². The van der Waals surface area contributed by atoms with Gasteiger partial charge in [0.2, 0.25) is 0 Å². The number of hydrogen-bond acceptors (Lipinski definition) is 8. The fourth-order valence-corrected chi connectivity index (χ4v) is 3.52. The van der Waals surface area contributed by atoms with Crippen LogP contribution in [0.4, 0.5) is 4.39 Å². The zero-order valence-electron chi connectivity index (χ0n) is 15.6. The lowest BCUT2D eigenvalue weighted by Crippen LogP contribution is -2.60. The second kappa shape index (κ2) is 10.7. The summed E-state index contributed by atoms with van der Waals surface area (Å²) in [6.07, 6.45) is -8.99. The molecule has 0 amide bonds. The van der Waals surface area contributed by atoms with E-state index in [-0.39, 0.29) is 13.0 Å². The first-order valence-corrected chi connectivity index (χ1v) is 8.84. The fourth-order valence-electron chi connectivity index (χ4n) is 3.52. The molecule has 2 rings (SSSR count). The molecule has 0 bridgehead atoms. The van der Waals surface area contributed by atoms with Gasteiger partial charge in [-0.3, -0.25) is 0 Å². The normalized spacial score (nSPS) is 40.7. The van der Waals surface area contributed by atoms with Crippen LogP contribution in [0, 0.1) is 5.92 Å². The molecule has 0 aromatic heterocycles. The van der Waals surface area contributed by atoms with Gasteiger partial charge in [-0.15, -0.1) is 0 Å². The minimum absolute atomic E-state index is 0.159. The summed E-state index contributed by atoms with van der Waals surface area (Å²) in [6, 6.07) is -3.65. The summed E-state index contributed by atoms with van der Waals surface area (Å²) < 4.78 is 26.1. The van der Waals surface area contributed by atoms with E-state index in [9.17, 15) is 14.6 Å². The Hall–Kier alpha value is -2.99. The Balaban J connectivity index is 2.33. The first kappa shape index (κ1) is 23.3. The van der Waals surface area contributed by atoms with E-state index in [1.807, 2.05) is 0 Å². The summed E-state index contributed by atoms with van der Waals surface area (Å²) in [5, 5.41) is 34.3. The van der Waals surface area contributed by atoms with E-state index in [0.717, 1.165) is 0 Å². The van der Waals surface area contributed by atoms with Gasteiger partial charge in [-0.2, -0.15) is 0 Å². The Bertz CT molecular complexity index is 804. The third-order valence-electron chi connectivity index (χ3n) is 5.15. The fraction of sp³-hybridized carbons (Fsp3) is 1.00. The molecule has 1 heterocycles. The molecule has 2 aliphatic rings. The Labute approximate surface area is 168 Å². The monoisotopic (exact) mass is 426 g/mol. The molecule has 0 radical (unpaired) electrons. The molecule has 10 unspecified atom stereocenters. The Morgan fingerprint density at radius 1 is 1.00 bits per heavy atom. The van der Waals surface area contributed by atoms with Crippen molar-refractivity contribution in [3.05, 3.63) is 41.8 Å². The quantitative estimate of drug-likeness (QED) is 0.353. The van der Waals surface area contributed by atoms with Crippen LogP contribution in [0.3, 0.4) is 0 Å². The van der Waals surface area contributed by atoms with Crippen molar-refractivity contribution in [1.29, 1.82) is 0 Å². The summed E-state index contributed by atoms with van der Waals surface area (Å²) in [4.78, 5) is 10.4. The van der Waals surface area contributed by atoms with Crippen molar-refractivity contribution in [3.8, 4) is 0 Å². The third-order valence-corrected chi connectivity index (χ3v) is 5.15. The first-order chi connectivity index (χ1) is 14.4. The molecule has 1 saturated carbocycles. The maximum Gasteiger partial charge on any atom is 0.169 e. The molecular weight excluding hydrogens is 407 g/mol. The number of aliphatic hydroxyl groups excluding tert-OH is 2. The maximum atomic E-state index is 14.9. The molecule has 2 N–H and O–H groups in total. The SMILES string of the molecule is CC1C(CN=[N+]=[N-])OC(OC2C(N=[N+]=[N-])CC(N=[N+]=[N-])C(O)C2O)C(N=[N+]=[N-])C1F. The van der Waals surface area contributed by atoms with Crippen molar-refractivity contribution in [3.63, 3.8) is 0 Å². The second-order valence-corrected chi connectivity index (χ2v) is 6.82. The highest BCUT2D eigenvalue weighted by molar-refractivity contribution is 5.02. The molecule has 1 saturated heterocycles. The van der Waals surface area contributed by atoms with E-state index in [1.165, 1.54) is 6.92 Å². The molecule has 0 aromatic carbocycles. The number of hydrogen-bond donors (Lipinski definition) is 2. The van der Waals surface area contributed by atoms with E-state index >= 15 is 0 Å². The van der Waals surface area contributed by atoms with Gasteiger partial charge < -0.3 is 19.7 Å². The van der Waals surface area contributed by atoms with Gasteiger partial charge in [-0.05, 0) is 28.5 Å². The summed E-state index contributed by atoms with van der Waals surface area (Å²) in [6.45, 7) is 1.25. The number of azide groups is 4. The Morgan fingerprint density at radius 2 is 1.63 bits per heavy atom. The lowest BCUT2D eigenvalue weighted by atomic mass is 9.84. The van der Waals surface area contributed by atoms with Crippen LogP contribution < -0.4 is 0 Å². The minimum Gasteiger partial charge on any atom is -0.390 e. The molecule has 17 heteroatoms. The largest absolute Gasteiger partial charge is 0.390 e. The summed E-state index contributed by atoms with van der Waals surface area (Å²) in [5.41, 5.74) is 34.7. The van der Waals surface area contributed by atoms with Crippen molar-refractivity contribution in [2.75, 3.05) is 6.54 Å². The maximum absolute atomic E-state index is 14.9. The molecule has 1 aliphatic heterocycles. The van der Waals surface area contributed by atoms with Crippen LogP contribution in [0.15, 0.2) is 20.5 Å².